The lowest BCUT2D eigenvalue weighted by Gasteiger charge is -2.11. The molecule has 0 amide bonds. The molecule has 1 heterocycles. The van der Waals surface area contributed by atoms with E-state index in [0.29, 0.717) is 0 Å². The van der Waals surface area contributed by atoms with E-state index in [1.54, 1.807) is 0 Å². The molecule has 17 heavy (non-hydrogen) atoms. The van der Waals surface area contributed by atoms with E-state index in [-0.39, 0.29) is 0 Å². The summed E-state index contributed by atoms with van der Waals surface area (Å²) in [7, 11) is 0. The van der Waals surface area contributed by atoms with Gasteiger partial charge in [0.15, 0.2) is 0 Å². The highest BCUT2D eigenvalue weighted by Gasteiger charge is 2.20. The molecular formula is C14H22N2O. The van der Waals surface area contributed by atoms with Crippen molar-refractivity contribution in [3.8, 4) is 5.75 Å². The van der Waals surface area contributed by atoms with Gasteiger partial charge >= 0.3 is 0 Å². The molecule has 2 rings (SSSR count). The van der Waals surface area contributed by atoms with Crippen LogP contribution in [0.5, 0.6) is 5.75 Å². The molecule has 0 aliphatic heterocycles. The number of pyridine rings is 1. The van der Waals surface area contributed by atoms with Crippen LogP contribution in [0.3, 0.4) is 0 Å². The van der Waals surface area contributed by atoms with Crippen molar-refractivity contribution in [1.82, 2.24) is 10.3 Å². The Labute approximate surface area is 104 Å². The molecule has 1 aliphatic rings. The molecule has 3 heteroatoms. The molecule has 1 fully saturated rings. The highest BCUT2D eigenvalue weighted by Crippen LogP contribution is 2.22. The zero-order valence-electron chi connectivity index (χ0n) is 10.6. The summed E-state index contributed by atoms with van der Waals surface area (Å²) in [6.45, 7) is 3.90. The normalized spacial score (nSPS) is 14.9. The third kappa shape index (κ3) is 4.35. The Bertz CT molecular complexity index is 337. The van der Waals surface area contributed by atoms with Crippen LogP contribution in [0, 0.1) is 0 Å². The first-order valence-electron chi connectivity index (χ1n) is 6.69. The number of hydrogen-bond donors (Lipinski definition) is 1. The van der Waals surface area contributed by atoms with Crippen molar-refractivity contribution in [2.75, 3.05) is 6.61 Å². The van der Waals surface area contributed by atoms with Crippen molar-refractivity contribution in [3.63, 3.8) is 0 Å². The van der Waals surface area contributed by atoms with Crippen LogP contribution in [0.4, 0.5) is 0 Å². The van der Waals surface area contributed by atoms with Gasteiger partial charge in [-0.1, -0.05) is 19.8 Å². The summed E-state index contributed by atoms with van der Waals surface area (Å²) in [5.41, 5.74) is 1.23. The van der Waals surface area contributed by atoms with Crippen molar-refractivity contribution in [2.24, 2.45) is 0 Å². The summed E-state index contributed by atoms with van der Waals surface area (Å²) in [5.74, 6) is 0.941. The largest absolute Gasteiger partial charge is 0.492 e. The maximum absolute atomic E-state index is 5.79. The number of nitrogens with one attached hydrogen (secondary N) is 1. The van der Waals surface area contributed by atoms with Gasteiger partial charge in [0.1, 0.15) is 5.75 Å². The second kappa shape index (κ2) is 6.60. The van der Waals surface area contributed by atoms with Gasteiger partial charge in [-0.05, 0) is 25.3 Å². The van der Waals surface area contributed by atoms with Crippen molar-refractivity contribution in [3.05, 3.63) is 24.0 Å². The zero-order chi connectivity index (χ0) is 11.9. The third-order valence-electron chi connectivity index (χ3n) is 3.03. The fourth-order valence-corrected chi connectivity index (χ4v) is 1.76. The van der Waals surface area contributed by atoms with E-state index in [1.807, 2.05) is 18.5 Å². The molecule has 1 N–H and O–H groups in total. The number of unbranched alkanes of at least 4 members (excludes halogenated alkanes) is 2. The van der Waals surface area contributed by atoms with Crippen LogP contribution in [0.1, 0.15) is 44.6 Å². The van der Waals surface area contributed by atoms with E-state index >= 15 is 0 Å². The molecule has 0 bridgehead atoms. The highest BCUT2D eigenvalue weighted by molar-refractivity contribution is 5.29. The molecule has 0 aromatic carbocycles. The minimum Gasteiger partial charge on any atom is -0.492 e. The summed E-state index contributed by atoms with van der Waals surface area (Å²) in [6, 6.07) is 2.78. The smallest absolute Gasteiger partial charge is 0.142 e. The molecular weight excluding hydrogens is 212 g/mol. The molecule has 1 aromatic rings. The first-order valence-corrected chi connectivity index (χ1v) is 6.69. The molecule has 1 saturated carbocycles. The van der Waals surface area contributed by atoms with E-state index in [4.69, 9.17) is 4.74 Å². The minimum absolute atomic E-state index is 0.733. The van der Waals surface area contributed by atoms with Gasteiger partial charge in [0.05, 0.1) is 12.8 Å². The molecule has 94 valence electrons. The molecule has 0 saturated heterocycles. The lowest BCUT2D eigenvalue weighted by molar-refractivity contribution is 0.301. The Morgan fingerprint density at radius 2 is 2.29 bits per heavy atom. The molecule has 0 atom stereocenters. The van der Waals surface area contributed by atoms with Crippen molar-refractivity contribution < 1.29 is 4.74 Å². The maximum atomic E-state index is 5.79. The van der Waals surface area contributed by atoms with Crippen molar-refractivity contribution in [2.45, 2.75) is 51.6 Å². The van der Waals surface area contributed by atoms with Gasteiger partial charge in [-0.15, -0.1) is 0 Å². The fraction of sp³-hybridized carbons (Fsp3) is 0.643. The van der Waals surface area contributed by atoms with Gasteiger partial charge in [0.25, 0.3) is 0 Å². The minimum atomic E-state index is 0.733. The summed E-state index contributed by atoms with van der Waals surface area (Å²) in [4.78, 5) is 4.13. The lowest BCUT2D eigenvalue weighted by Crippen LogP contribution is -2.16. The van der Waals surface area contributed by atoms with Crippen LogP contribution < -0.4 is 10.1 Å². The van der Waals surface area contributed by atoms with Gasteiger partial charge in [0.2, 0.25) is 0 Å². The standard InChI is InChI=1S/C14H22N2O/c1-2-3-4-9-17-14-11-15-8-7-12(14)10-16-13-5-6-13/h7-8,11,13,16H,2-6,9-10H2,1H3. The molecule has 0 unspecified atom stereocenters. The topological polar surface area (TPSA) is 34.1 Å². The summed E-state index contributed by atoms with van der Waals surface area (Å²) < 4.78 is 5.79. The predicted octanol–water partition coefficient (Wildman–Crippen LogP) is 2.90. The van der Waals surface area contributed by atoms with Crippen LogP contribution in [-0.4, -0.2) is 17.6 Å². The number of nitrogens with zero attached hydrogens (tertiary/aromatic N) is 1. The van der Waals surface area contributed by atoms with Crippen LogP contribution in [0.25, 0.3) is 0 Å². The Hall–Kier alpha value is -1.09. The molecule has 0 spiro atoms. The molecule has 1 aromatic heterocycles. The third-order valence-corrected chi connectivity index (χ3v) is 3.03. The second-order valence-corrected chi connectivity index (χ2v) is 4.69. The summed E-state index contributed by atoms with van der Waals surface area (Å²) in [5, 5.41) is 3.51. The lowest BCUT2D eigenvalue weighted by atomic mass is 10.2. The van der Waals surface area contributed by atoms with Gasteiger partial charge < -0.3 is 10.1 Å². The van der Waals surface area contributed by atoms with Crippen LogP contribution in [0.2, 0.25) is 0 Å². The molecule has 3 nitrogen and oxygen atoms in total. The Morgan fingerprint density at radius 3 is 3.06 bits per heavy atom. The SMILES string of the molecule is CCCCCOc1cnccc1CNC1CC1. The Morgan fingerprint density at radius 1 is 1.41 bits per heavy atom. The Balaban J connectivity index is 1.80. The zero-order valence-corrected chi connectivity index (χ0v) is 10.6. The van der Waals surface area contributed by atoms with E-state index in [0.717, 1.165) is 31.4 Å². The Kier molecular flexibility index (Phi) is 4.80. The molecule has 1 aliphatic carbocycles. The van der Waals surface area contributed by atoms with Crippen molar-refractivity contribution in [1.29, 1.82) is 0 Å². The van der Waals surface area contributed by atoms with E-state index < -0.39 is 0 Å². The average Bonchev–Trinajstić information content (AvgIpc) is 3.17. The predicted molar refractivity (Wildman–Crippen MR) is 69.1 cm³/mol. The first kappa shape index (κ1) is 12.4. The monoisotopic (exact) mass is 234 g/mol. The van der Waals surface area contributed by atoms with Gasteiger partial charge in [0, 0.05) is 24.3 Å². The number of aromatic nitrogens is 1. The number of ether oxygens (including phenoxy) is 1. The summed E-state index contributed by atoms with van der Waals surface area (Å²) in [6.07, 6.45) is 9.89. The highest BCUT2D eigenvalue weighted by atomic mass is 16.5. The fourth-order valence-electron chi connectivity index (χ4n) is 1.76. The van der Waals surface area contributed by atoms with E-state index in [9.17, 15) is 0 Å². The van der Waals surface area contributed by atoms with Crippen LogP contribution in [0.15, 0.2) is 18.5 Å². The molecule has 0 radical (unpaired) electrons. The van der Waals surface area contributed by atoms with Gasteiger partial charge in [-0.3, -0.25) is 4.98 Å². The first-order chi connectivity index (χ1) is 8.40. The van der Waals surface area contributed by atoms with Crippen LogP contribution >= 0.6 is 0 Å². The maximum Gasteiger partial charge on any atom is 0.142 e. The van der Waals surface area contributed by atoms with E-state index in [1.165, 1.54) is 31.2 Å². The van der Waals surface area contributed by atoms with Crippen LogP contribution in [-0.2, 0) is 6.54 Å². The quantitative estimate of drug-likeness (QED) is 0.702. The second-order valence-electron chi connectivity index (χ2n) is 4.69. The van der Waals surface area contributed by atoms with Gasteiger partial charge in [-0.2, -0.15) is 0 Å². The summed E-state index contributed by atoms with van der Waals surface area (Å²) >= 11 is 0. The average molecular weight is 234 g/mol. The van der Waals surface area contributed by atoms with Crippen molar-refractivity contribution >= 4 is 0 Å². The van der Waals surface area contributed by atoms with E-state index in [2.05, 4.69) is 17.2 Å². The van der Waals surface area contributed by atoms with Gasteiger partial charge in [-0.25, -0.2) is 0 Å². The number of rotatable bonds is 8. The number of hydrogen-bond acceptors (Lipinski definition) is 3.